The summed E-state index contributed by atoms with van der Waals surface area (Å²) in [6.07, 6.45) is 0.245. The van der Waals surface area contributed by atoms with Crippen molar-refractivity contribution in [3.8, 4) is 0 Å². The van der Waals surface area contributed by atoms with E-state index < -0.39 is 5.67 Å². The average Bonchev–Trinajstić information content (AvgIpc) is 2.56. The third-order valence-corrected chi connectivity index (χ3v) is 2.83. The summed E-state index contributed by atoms with van der Waals surface area (Å²) in [5.74, 6) is 0.733. The molecule has 1 atom stereocenters. The van der Waals surface area contributed by atoms with E-state index in [-0.39, 0.29) is 13.0 Å². The average molecular weight is 221 g/mol. The van der Waals surface area contributed by atoms with Crippen LogP contribution in [0.15, 0.2) is 24.3 Å². The van der Waals surface area contributed by atoms with Gasteiger partial charge in [-0.25, -0.2) is 9.37 Å². The lowest BCUT2D eigenvalue weighted by Gasteiger charge is -2.17. The second-order valence-corrected chi connectivity index (χ2v) is 4.37. The number of aromatic nitrogens is 2. The molecule has 16 heavy (non-hydrogen) atoms. The first-order chi connectivity index (χ1) is 7.53. The van der Waals surface area contributed by atoms with Gasteiger partial charge in [0, 0.05) is 20.0 Å². The van der Waals surface area contributed by atoms with Crippen molar-refractivity contribution in [1.82, 2.24) is 9.55 Å². The fourth-order valence-electron chi connectivity index (χ4n) is 1.76. The second-order valence-electron chi connectivity index (χ2n) is 4.37. The Morgan fingerprint density at radius 1 is 1.44 bits per heavy atom. The van der Waals surface area contributed by atoms with E-state index in [9.17, 15) is 4.39 Å². The number of halogens is 1. The molecule has 2 rings (SSSR count). The van der Waals surface area contributed by atoms with Crippen LogP contribution in [0.25, 0.3) is 11.0 Å². The number of hydrogen-bond acceptors (Lipinski definition) is 2. The zero-order valence-electron chi connectivity index (χ0n) is 9.57. The van der Waals surface area contributed by atoms with Crippen LogP contribution in [-0.2, 0) is 13.5 Å². The third kappa shape index (κ3) is 1.93. The number of alkyl halides is 1. The van der Waals surface area contributed by atoms with Crippen LogP contribution in [0.4, 0.5) is 4.39 Å². The van der Waals surface area contributed by atoms with Gasteiger partial charge in [-0.15, -0.1) is 0 Å². The molecule has 1 heterocycles. The van der Waals surface area contributed by atoms with Crippen molar-refractivity contribution in [1.29, 1.82) is 0 Å². The molecule has 0 saturated heterocycles. The number of hydrogen-bond donors (Lipinski definition) is 1. The summed E-state index contributed by atoms with van der Waals surface area (Å²) in [5, 5.41) is 0. The van der Waals surface area contributed by atoms with E-state index in [0.29, 0.717) is 0 Å². The van der Waals surface area contributed by atoms with Gasteiger partial charge in [0.25, 0.3) is 0 Å². The molecule has 0 spiro atoms. The van der Waals surface area contributed by atoms with E-state index in [2.05, 4.69) is 4.98 Å². The topological polar surface area (TPSA) is 43.8 Å². The molecule has 0 aliphatic heterocycles. The van der Waals surface area contributed by atoms with Crippen LogP contribution in [0.3, 0.4) is 0 Å². The smallest absolute Gasteiger partial charge is 0.127 e. The maximum Gasteiger partial charge on any atom is 0.127 e. The molecule has 0 amide bonds. The number of nitrogens with two attached hydrogens (primary N) is 1. The first-order valence-corrected chi connectivity index (χ1v) is 5.33. The molecule has 0 fully saturated rings. The number of aryl methyl sites for hydroxylation is 1. The van der Waals surface area contributed by atoms with Gasteiger partial charge < -0.3 is 10.3 Å². The van der Waals surface area contributed by atoms with Crippen LogP contribution in [-0.4, -0.2) is 21.8 Å². The van der Waals surface area contributed by atoms with E-state index in [1.54, 1.807) is 0 Å². The predicted molar refractivity (Wildman–Crippen MR) is 63.0 cm³/mol. The minimum Gasteiger partial charge on any atom is -0.331 e. The number of para-hydroxylation sites is 2. The summed E-state index contributed by atoms with van der Waals surface area (Å²) >= 11 is 0. The Balaban J connectivity index is 2.42. The van der Waals surface area contributed by atoms with Crippen LogP contribution in [0.5, 0.6) is 0 Å². The largest absolute Gasteiger partial charge is 0.331 e. The van der Waals surface area contributed by atoms with Gasteiger partial charge in [0.05, 0.1) is 11.0 Å². The number of imidazole rings is 1. The van der Waals surface area contributed by atoms with Crippen molar-refractivity contribution in [3.05, 3.63) is 30.1 Å². The van der Waals surface area contributed by atoms with E-state index in [4.69, 9.17) is 5.73 Å². The van der Waals surface area contributed by atoms with Crippen molar-refractivity contribution in [2.45, 2.75) is 19.0 Å². The highest BCUT2D eigenvalue weighted by molar-refractivity contribution is 5.75. The summed E-state index contributed by atoms with van der Waals surface area (Å²) in [4.78, 5) is 4.41. The van der Waals surface area contributed by atoms with Gasteiger partial charge in [0.2, 0.25) is 0 Å². The molecular formula is C12H16FN3. The van der Waals surface area contributed by atoms with Crippen LogP contribution in [0.2, 0.25) is 0 Å². The third-order valence-electron chi connectivity index (χ3n) is 2.83. The summed E-state index contributed by atoms with van der Waals surface area (Å²) in [7, 11) is 1.90. The summed E-state index contributed by atoms with van der Waals surface area (Å²) in [5.41, 5.74) is 5.91. The molecule has 4 heteroatoms. The van der Waals surface area contributed by atoms with Crippen molar-refractivity contribution < 1.29 is 4.39 Å². The Bertz CT molecular complexity index is 502. The van der Waals surface area contributed by atoms with Crippen molar-refractivity contribution in [3.63, 3.8) is 0 Å². The molecule has 0 radical (unpaired) electrons. The highest BCUT2D eigenvalue weighted by Gasteiger charge is 2.24. The molecule has 2 aromatic rings. The Morgan fingerprint density at radius 2 is 2.12 bits per heavy atom. The van der Waals surface area contributed by atoms with E-state index in [0.717, 1.165) is 16.9 Å². The van der Waals surface area contributed by atoms with Gasteiger partial charge in [-0.1, -0.05) is 12.1 Å². The SMILES string of the molecule is Cn1c(CC(C)(F)CN)nc2ccccc21. The standard InChI is InChI=1S/C12H16FN3/c1-12(13,8-14)7-11-15-9-5-3-4-6-10(9)16(11)2/h3-6H,7-8,14H2,1-2H3. The van der Waals surface area contributed by atoms with Crippen molar-refractivity contribution in [2.24, 2.45) is 12.8 Å². The molecule has 0 aliphatic carbocycles. The summed E-state index contributed by atoms with van der Waals surface area (Å²) < 4.78 is 15.8. The van der Waals surface area contributed by atoms with Gasteiger partial charge in [-0.2, -0.15) is 0 Å². The molecule has 2 N–H and O–H groups in total. The molecule has 0 saturated carbocycles. The van der Waals surface area contributed by atoms with Gasteiger partial charge in [-0.05, 0) is 19.1 Å². The van der Waals surface area contributed by atoms with Crippen LogP contribution >= 0.6 is 0 Å². The minimum atomic E-state index is -1.39. The Morgan fingerprint density at radius 3 is 2.75 bits per heavy atom. The highest BCUT2D eigenvalue weighted by Crippen LogP contribution is 2.20. The van der Waals surface area contributed by atoms with Crippen molar-refractivity contribution >= 4 is 11.0 Å². The van der Waals surface area contributed by atoms with Crippen LogP contribution in [0, 0.1) is 0 Å². The molecule has 0 aliphatic rings. The lowest BCUT2D eigenvalue weighted by Crippen LogP contribution is -2.32. The normalized spacial score (nSPS) is 15.2. The highest BCUT2D eigenvalue weighted by atomic mass is 19.1. The Labute approximate surface area is 94.1 Å². The second kappa shape index (κ2) is 3.87. The van der Waals surface area contributed by atoms with Gasteiger partial charge in [-0.3, -0.25) is 0 Å². The van der Waals surface area contributed by atoms with E-state index in [1.807, 2.05) is 35.9 Å². The summed E-state index contributed by atoms with van der Waals surface area (Å²) in [6, 6.07) is 7.78. The lowest BCUT2D eigenvalue weighted by molar-refractivity contribution is 0.195. The van der Waals surface area contributed by atoms with Gasteiger partial charge in [0.15, 0.2) is 0 Å². The van der Waals surface area contributed by atoms with E-state index >= 15 is 0 Å². The molecule has 1 aromatic carbocycles. The van der Waals surface area contributed by atoms with Gasteiger partial charge in [0.1, 0.15) is 11.5 Å². The van der Waals surface area contributed by atoms with Crippen molar-refractivity contribution in [2.75, 3.05) is 6.54 Å². The molecule has 86 valence electrons. The molecule has 3 nitrogen and oxygen atoms in total. The molecule has 0 bridgehead atoms. The van der Waals surface area contributed by atoms with Crippen LogP contribution in [0.1, 0.15) is 12.7 Å². The van der Waals surface area contributed by atoms with E-state index in [1.165, 1.54) is 6.92 Å². The predicted octanol–water partition coefficient (Wildman–Crippen LogP) is 1.80. The number of nitrogens with zero attached hydrogens (tertiary/aromatic N) is 2. The minimum absolute atomic E-state index is 0.0101. The zero-order valence-corrected chi connectivity index (χ0v) is 9.57. The number of benzene rings is 1. The van der Waals surface area contributed by atoms with Crippen LogP contribution < -0.4 is 5.73 Å². The summed E-state index contributed by atoms with van der Waals surface area (Å²) in [6.45, 7) is 1.52. The molecule has 1 aromatic heterocycles. The zero-order chi connectivity index (χ0) is 11.8. The Hall–Kier alpha value is -1.42. The fourth-order valence-corrected chi connectivity index (χ4v) is 1.76. The lowest BCUT2D eigenvalue weighted by atomic mass is 10.1. The first-order valence-electron chi connectivity index (χ1n) is 5.33. The number of rotatable bonds is 3. The maximum absolute atomic E-state index is 13.8. The fraction of sp³-hybridized carbons (Fsp3) is 0.417. The Kier molecular flexibility index (Phi) is 2.68. The number of fused-ring (bicyclic) bond motifs is 1. The molecular weight excluding hydrogens is 205 g/mol. The monoisotopic (exact) mass is 221 g/mol. The first kappa shape index (κ1) is 11.1. The van der Waals surface area contributed by atoms with Gasteiger partial charge >= 0.3 is 0 Å². The quantitative estimate of drug-likeness (QED) is 0.859. The maximum atomic E-state index is 13.8. The molecule has 1 unspecified atom stereocenters.